The van der Waals surface area contributed by atoms with E-state index in [1.165, 1.54) is 0 Å². The van der Waals surface area contributed by atoms with Gasteiger partial charge < -0.3 is 0 Å². The predicted octanol–water partition coefficient (Wildman–Crippen LogP) is 1.21. The molecule has 0 spiro atoms. The van der Waals surface area contributed by atoms with Crippen LogP contribution in [-0.2, 0) is 0 Å². The lowest BCUT2D eigenvalue weighted by Gasteiger charge is -2.01. The maximum atomic E-state index is 4.37. The van der Waals surface area contributed by atoms with Gasteiger partial charge >= 0.3 is 0 Å². The van der Waals surface area contributed by atoms with E-state index in [9.17, 15) is 0 Å². The van der Waals surface area contributed by atoms with Gasteiger partial charge in [-0.3, -0.25) is 9.55 Å². The van der Waals surface area contributed by atoms with Gasteiger partial charge in [-0.05, 0) is 12.1 Å². The number of hydrogen-bond donors (Lipinski definition) is 0. The number of hydrogen-bond acceptors (Lipinski definition) is 4. The summed E-state index contributed by atoms with van der Waals surface area (Å²) in [5.41, 5.74) is 1.44. The minimum atomic E-state index is 0.642. The summed E-state index contributed by atoms with van der Waals surface area (Å²) in [4.78, 5) is 16.6. The van der Waals surface area contributed by atoms with E-state index in [1.807, 2.05) is 22.9 Å². The molecule has 0 saturated heterocycles. The Morgan fingerprint density at radius 3 is 2.80 bits per heavy atom. The molecule has 0 amide bonds. The van der Waals surface area contributed by atoms with Gasteiger partial charge in [0.2, 0.25) is 0 Å². The molecular weight excluding hydrogens is 190 g/mol. The SMILES string of the molecule is c1cn(-c2ccc3nccnc3n2)cn1. The summed E-state index contributed by atoms with van der Waals surface area (Å²) in [6.07, 6.45) is 8.53. The summed E-state index contributed by atoms with van der Waals surface area (Å²) in [5.74, 6) is 0.792. The van der Waals surface area contributed by atoms with E-state index >= 15 is 0 Å². The van der Waals surface area contributed by atoms with Crippen LogP contribution in [0.15, 0.2) is 43.2 Å². The molecule has 0 aliphatic carbocycles. The minimum Gasteiger partial charge on any atom is -0.290 e. The molecule has 0 bridgehead atoms. The lowest BCUT2D eigenvalue weighted by Crippen LogP contribution is -1.96. The minimum absolute atomic E-state index is 0.642. The Labute approximate surface area is 85.5 Å². The quantitative estimate of drug-likeness (QED) is 0.588. The molecule has 0 unspecified atom stereocenters. The van der Waals surface area contributed by atoms with Gasteiger partial charge in [-0.25, -0.2) is 15.0 Å². The molecule has 72 valence electrons. The second kappa shape index (κ2) is 3.13. The Morgan fingerprint density at radius 1 is 1.00 bits per heavy atom. The van der Waals surface area contributed by atoms with Crippen molar-refractivity contribution in [1.82, 2.24) is 24.5 Å². The number of imidazole rings is 1. The van der Waals surface area contributed by atoms with Crippen molar-refractivity contribution in [3.05, 3.63) is 43.2 Å². The van der Waals surface area contributed by atoms with Gasteiger partial charge in [0.1, 0.15) is 17.7 Å². The summed E-state index contributed by atoms with van der Waals surface area (Å²) in [6, 6.07) is 3.78. The summed E-state index contributed by atoms with van der Waals surface area (Å²) >= 11 is 0. The first-order chi connectivity index (χ1) is 7.43. The fourth-order valence-electron chi connectivity index (χ4n) is 1.38. The van der Waals surface area contributed by atoms with Gasteiger partial charge in [-0.15, -0.1) is 0 Å². The second-order valence-electron chi connectivity index (χ2n) is 3.04. The molecule has 3 aromatic heterocycles. The van der Waals surface area contributed by atoms with Crippen LogP contribution in [0.25, 0.3) is 17.0 Å². The number of pyridine rings is 1. The first kappa shape index (κ1) is 8.05. The first-order valence-electron chi connectivity index (χ1n) is 4.49. The maximum absolute atomic E-state index is 4.37. The largest absolute Gasteiger partial charge is 0.290 e. The molecule has 0 fully saturated rings. The molecular formula is C10H7N5. The van der Waals surface area contributed by atoms with E-state index in [2.05, 4.69) is 19.9 Å². The standard InChI is InChI=1S/C10H7N5/c1-2-9(15-6-5-11-7-15)14-10-8(1)12-3-4-13-10/h1-7H. The van der Waals surface area contributed by atoms with Gasteiger partial charge in [-0.2, -0.15) is 0 Å². The predicted molar refractivity (Wildman–Crippen MR) is 54.5 cm³/mol. The molecule has 5 nitrogen and oxygen atoms in total. The fourth-order valence-corrected chi connectivity index (χ4v) is 1.38. The summed E-state index contributed by atoms with van der Waals surface area (Å²) in [7, 11) is 0. The first-order valence-corrected chi connectivity index (χ1v) is 4.49. The highest BCUT2D eigenvalue weighted by molar-refractivity contribution is 5.70. The highest BCUT2D eigenvalue weighted by Gasteiger charge is 2.00. The van der Waals surface area contributed by atoms with Gasteiger partial charge in [0.25, 0.3) is 0 Å². The fraction of sp³-hybridized carbons (Fsp3) is 0. The van der Waals surface area contributed by atoms with E-state index in [1.54, 1.807) is 24.9 Å². The number of rotatable bonds is 1. The maximum Gasteiger partial charge on any atom is 0.180 e. The number of nitrogens with zero attached hydrogens (tertiary/aromatic N) is 5. The molecule has 15 heavy (non-hydrogen) atoms. The van der Waals surface area contributed by atoms with Crippen LogP contribution in [0.1, 0.15) is 0 Å². The van der Waals surface area contributed by atoms with E-state index in [0.29, 0.717) is 5.65 Å². The molecule has 0 atom stereocenters. The van der Waals surface area contributed by atoms with Crippen LogP contribution in [0.5, 0.6) is 0 Å². The molecule has 3 heterocycles. The van der Waals surface area contributed by atoms with Crippen molar-refractivity contribution in [3.8, 4) is 5.82 Å². The van der Waals surface area contributed by atoms with E-state index in [-0.39, 0.29) is 0 Å². The summed E-state index contributed by atoms with van der Waals surface area (Å²) in [5, 5.41) is 0. The average Bonchev–Trinajstić information content (AvgIpc) is 2.82. The zero-order chi connectivity index (χ0) is 10.1. The van der Waals surface area contributed by atoms with Gasteiger partial charge in [-0.1, -0.05) is 0 Å². The third kappa shape index (κ3) is 1.34. The normalized spacial score (nSPS) is 10.7. The molecule has 0 saturated carbocycles. The van der Waals surface area contributed by atoms with Crippen molar-refractivity contribution in [1.29, 1.82) is 0 Å². The van der Waals surface area contributed by atoms with Crippen molar-refractivity contribution >= 4 is 11.2 Å². The Balaban J connectivity index is 2.22. The Kier molecular flexibility index (Phi) is 1.68. The van der Waals surface area contributed by atoms with E-state index < -0.39 is 0 Å². The third-order valence-electron chi connectivity index (χ3n) is 2.09. The Hall–Kier alpha value is -2.30. The Morgan fingerprint density at radius 2 is 1.93 bits per heavy atom. The van der Waals surface area contributed by atoms with Crippen LogP contribution < -0.4 is 0 Å². The van der Waals surface area contributed by atoms with Gasteiger partial charge in [0.05, 0.1) is 0 Å². The van der Waals surface area contributed by atoms with Crippen molar-refractivity contribution in [2.45, 2.75) is 0 Å². The molecule has 0 aliphatic rings. The zero-order valence-electron chi connectivity index (χ0n) is 7.78. The van der Waals surface area contributed by atoms with Crippen LogP contribution in [0.3, 0.4) is 0 Å². The van der Waals surface area contributed by atoms with Crippen LogP contribution in [0.4, 0.5) is 0 Å². The summed E-state index contributed by atoms with van der Waals surface area (Å²) < 4.78 is 1.83. The van der Waals surface area contributed by atoms with Crippen LogP contribution in [-0.4, -0.2) is 24.5 Å². The third-order valence-corrected chi connectivity index (χ3v) is 2.09. The molecule has 5 heteroatoms. The van der Waals surface area contributed by atoms with Gasteiger partial charge in [0, 0.05) is 24.8 Å². The zero-order valence-corrected chi connectivity index (χ0v) is 7.78. The van der Waals surface area contributed by atoms with Gasteiger partial charge in [0.15, 0.2) is 5.65 Å². The van der Waals surface area contributed by atoms with E-state index in [0.717, 1.165) is 11.3 Å². The number of fused-ring (bicyclic) bond motifs is 1. The Bertz CT molecular complexity index is 588. The van der Waals surface area contributed by atoms with Crippen molar-refractivity contribution in [2.24, 2.45) is 0 Å². The molecule has 0 N–H and O–H groups in total. The second-order valence-corrected chi connectivity index (χ2v) is 3.04. The van der Waals surface area contributed by atoms with Crippen molar-refractivity contribution in [2.75, 3.05) is 0 Å². The molecule has 0 aromatic carbocycles. The van der Waals surface area contributed by atoms with Crippen LogP contribution in [0, 0.1) is 0 Å². The van der Waals surface area contributed by atoms with Crippen molar-refractivity contribution < 1.29 is 0 Å². The van der Waals surface area contributed by atoms with Crippen molar-refractivity contribution in [3.63, 3.8) is 0 Å². The lowest BCUT2D eigenvalue weighted by atomic mass is 10.4. The summed E-state index contributed by atoms with van der Waals surface area (Å²) in [6.45, 7) is 0. The molecule has 3 rings (SSSR count). The van der Waals surface area contributed by atoms with Crippen LogP contribution in [0.2, 0.25) is 0 Å². The number of aromatic nitrogens is 5. The molecule has 0 radical (unpaired) electrons. The lowest BCUT2D eigenvalue weighted by molar-refractivity contribution is 0.997. The molecule has 0 aliphatic heterocycles. The van der Waals surface area contributed by atoms with E-state index in [4.69, 9.17) is 0 Å². The highest BCUT2D eigenvalue weighted by Crippen LogP contribution is 2.09. The average molecular weight is 197 g/mol. The molecule has 3 aromatic rings. The topological polar surface area (TPSA) is 56.5 Å². The monoisotopic (exact) mass is 197 g/mol. The smallest absolute Gasteiger partial charge is 0.180 e. The van der Waals surface area contributed by atoms with Crippen LogP contribution >= 0.6 is 0 Å². The highest BCUT2D eigenvalue weighted by atomic mass is 15.1.